The number of rotatable bonds is 20. The minimum absolute atomic E-state index is 0.0592. The van der Waals surface area contributed by atoms with Crippen LogP contribution in [0.4, 0.5) is 0 Å². The van der Waals surface area contributed by atoms with Gasteiger partial charge in [0.25, 0.3) is 0 Å². The van der Waals surface area contributed by atoms with E-state index >= 15 is 0 Å². The molecule has 0 aliphatic rings. The van der Waals surface area contributed by atoms with Crippen LogP contribution >= 0.6 is 0 Å². The maximum atomic E-state index is 12.2. The molecule has 8 heteroatoms. The van der Waals surface area contributed by atoms with Gasteiger partial charge in [-0.3, -0.25) is 9.59 Å². The van der Waals surface area contributed by atoms with Gasteiger partial charge in [0.2, 0.25) is 0 Å². The van der Waals surface area contributed by atoms with Gasteiger partial charge in [0.1, 0.15) is 6.61 Å². The molecule has 0 aliphatic carbocycles. The van der Waals surface area contributed by atoms with Crippen LogP contribution in [0.25, 0.3) is 0 Å². The van der Waals surface area contributed by atoms with E-state index in [2.05, 4.69) is 6.92 Å². The number of hydrogen-bond donors (Lipinski definition) is 1. The van der Waals surface area contributed by atoms with Crippen LogP contribution in [0.2, 0.25) is 0 Å². The van der Waals surface area contributed by atoms with E-state index in [0.29, 0.717) is 12.8 Å². The van der Waals surface area contributed by atoms with Crippen LogP contribution in [0, 0.1) is 0 Å². The molecule has 2 unspecified atom stereocenters. The van der Waals surface area contributed by atoms with Crippen molar-refractivity contribution in [2.45, 2.75) is 96.6 Å². The Labute approximate surface area is 194 Å². The van der Waals surface area contributed by atoms with Crippen molar-refractivity contribution >= 4 is 17.9 Å². The van der Waals surface area contributed by atoms with Gasteiger partial charge in [0.15, 0.2) is 12.1 Å². The van der Waals surface area contributed by atoms with Gasteiger partial charge in [-0.05, 0) is 6.42 Å². The Morgan fingerprint density at radius 3 is 1.97 bits per heavy atom. The summed E-state index contributed by atoms with van der Waals surface area (Å²) in [5.41, 5.74) is 0. The number of ether oxygens (including phenoxy) is 3. The number of hydrogen-bond acceptors (Lipinski definition) is 6. The van der Waals surface area contributed by atoms with Gasteiger partial charge in [-0.15, -0.1) is 0 Å². The Morgan fingerprint density at radius 2 is 1.44 bits per heavy atom. The molecule has 0 heterocycles. The first kappa shape index (κ1) is 30.3. The highest BCUT2D eigenvalue weighted by atomic mass is 16.6. The summed E-state index contributed by atoms with van der Waals surface area (Å²) >= 11 is 0. The fraction of sp³-hybridized carbons (Fsp3) is 0.875. The third-order valence-corrected chi connectivity index (χ3v) is 5.31. The van der Waals surface area contributed by atoms with Crippen molar-refractivity contribution in [3.05, 3.63) is 0 Å². The number of carboxylic acids is 1. The highest BCUT2D eigenvalue weighted by Gasteiger charge is 2.31. The molecule has 8 nitrogen and oxygen atoms in total. The molecule has 2 atom stereocenters. The molecule has 0 aromatic carbocycles. The van der Waals surface area contributed by atoms with E-state index in [-0.39, 0.29) is 42.7 Å². The Bertz CT molecular complexity index is 531. The Kier molecular flexibility index (Phi) is 16.9. The average Bonchev–Trinajstić information content (AvgIpc) is 2.71. The van der Waals surface area contributed by atoms with Crippen LogP contribution in [-0.2, 0) is 28.6 Å². The number of esters is 2. The molecule has 0 amide bonds. The van der Waals surface area contributed by atoms with Crippen molar-refractivity contribution in [2.24, 2.45) is 0 Å². The number of quaternary nitrogens is 1. The first-order valence-corrected chi connectivity index (χ1v) is 12.1. The lowest BCUT2D eigenvalue weighted by atomic mass is 10.1. The summed E-state index contributed by atoms with van der Waals surface area (Å²) in [5.74, 6) is -1.58. The third kappa shape index (κ3) is 16.0. The lowest BCUT2D eigenvalue weighted by molar-refractivity contribution is -0.887. The molecule has 0 fully saturated rings. The molecule has 0 aliphatic heterocycles. The van der Waals surface area contributed by atoms with Gasteiger partial charge in [-0.2, -0.15) is 0 Å². The second-order valence-electron chi connectivity index (χ2n) is 9.21. The van der Waals surface area contributed by atoms with Crippen molar-refractivity contribution in [3.8, 4) is 0 Å². The van der Waals surface area contributed by atoms with Gasteiger partial charge in [0, 0.05) is 19.3 Å². The fourth-order valence-corrected chi connectivity index (χ4v) is 3.30. The van der Waals surface area contributed by atoms with Crippen molar-refractivity contribution < 1.29 is 38.2 Å². The number of likely N-dealkylation sites (N-methyl/N-ethyl adjacent to an activating group) is 1. The maximum absolute atomic E-state index is 12.2. The SMILES string of the molecule is CCCCCCCCCCC(=O)OC(COCCC(C(=O)O)[N+](C)(C)C)COC(=O)CC. The number of carboxylic acid groups (broad SMARTS) is 1. The first-order chi connectivity index (χ1) is 15.1. The van der Waals surface area contributed by atoms with Crippen molar-refractivity contribution in [2.75, 3.05) is 41.0 Å². The summed E-state index contributed by atoms with van der Waals surface area (Å²) in [6, 6.07) is -0.601. The molecule has 1 N–H and O–H groups in total. The quantitative estimate of drug-likeness (QED) is 0.167. The molecule has 0 bridgehead atoms. The lowest BCUT2D eigenvalue weighted by Crippen LogP contribution is -2.50. The zero-order valence-electron chi connectivity index (χ0n) is 20.9. The summed E-state index contributed by atoms with van der Waals surface area (Å²) in [4.78, 5) is 35.1. The van der Waals surface area contributed by atoms with Crippen molar-refractivity contribution in [1.82, 2.24) is 0 Å². The van der Waals surface area contributed by atoms with Crippen LogP contribution in [0.1, 0.15) is 84.5 Å². The molecule has 0 saturated carbocycles. The number of unbranched alkanes of at least 4 members (excludes halogenated alkanes) is 7. The Balaban J connectivity index is 4.36. The minimum atomic E-state index is -0.883. The average molecular weight is 461 g/mol. The highest BCUT2D eigenvalue weighted by Crippen LogP contribution is 2.11. The zero-order chi connectivity index (χ0) is 24.4. The van der Waals surface area contributed by atoms with E-state index in [0.717, 1.165) is 19.3 Å². The molecule has 0 spiro atoms. The number of carbonyl (C=O) groups is 3. The molecular weight excluding hydrogens is 414 g/mol. The molecular formula is C24H46NO7+. The molecule has 0 saturated heterocycles. The van der Waals surface area contributed by atoms with E-state index in [1.807, 2.05) is 21.1 Å². The maximum Gasteiger partial charge on any atom is 0.362 e. The molecule has 188 valence electrons. The predicted molar refractivity (Wildman–Crippen MR) is 123 cm³/mol. The normalized spacial score (nSPS) is 13.4. The topological polar surface area (TPSA) is 99.1 Å². The van der Waals surface area contributed by atoms with Crippen molar-refractivity contribution in [3.63, 3.8) is 0 Å². The van der Waals surface area contributed by atoms with Gasteiger partial charge >= 0.3 is 17.9 Å². The van der Waals surface area contributed by atoms with Crippen LogP contribution in [0.15, 0.2) is 0 Å². The summed E-state index contributed by atoms with van der Waals surface area (Å²) < 4.78 is 16.5. The summed E-state index contributed by atoms with van der Waals surface area (Å²) in [7, 11) is 5.45. The Hall–Kier alpha value is -1.67. The summed E-state index contributed by atoms with van der Waals surface area (Å²) in [6.07, 6.45) is 9.33. The van der Waals surface area contributed by atoms with E-state index < -0.39 is 18.1 Å². The number of nitrogens with zero attached hydrogens (tertiary/aromatic N) is 1. The van der Waals surface area contributed by atoms with E-state index in [1.54, 1.807) is 6.92 Å². The molecule has 0 radical (unpaired) electrons. The van der Waals surface area contributed by atoms with Gasteiger partial charge in [-0.1, -0.05) is 58.8 Å². The van der Waals surface area contributed by atoms with Crippen LogP contribution in [0.5, 0.6) is 0 Å². The fourth-order valence-electron chi connectivity index (χ4n) is 3.30. The number of carbonyl (C=O) groups excluding carboxylic acids is 2. The zero-order valence-corrected chi connectivity index (χ0v) is 20.9. The molecule has 0 aromatic heterocycles. The van der Waals surface area contributed by atoms with Gasteiger partial charge in [-0.25, -0.2) is 4.79 Å². The monoisotopic (exact) mass is 460 g/mol. The molecule has 0 rings (SSSR count). The van der Waals surface area contributed by atoms with Crippen molar-refractivity contribution in [1.29, 1.82) is 0 Å². The third-order valence-electron chi connectivity index (χ3n) is 5.31. The summed E-state index contributed by atoms with van der Waals surface area (Å²) in [5, 5.41) is 9.39. The van der Waals surface area contributed by atoms with Crippen LogP contribution in [0.3, 0.4) is 0 Å². The van der Waals surface area contributed by atoms with E-state index in [9.17, 15) is 19.5 Å². The van der Waals surface area contributed by atoms with Crippen LogP contribution < -0.4 is 0 Å². The predicted octanol–water partition coefficient (Wildman–Crippen LogP) is 3.95. The smallest absolute Gasteiger partial charge is 0.362 e. The standard InChI is InChI=1S/C24H45NO7/c1-6-8-9-10-11-12-13-14-15-23(27)32-20(19-31-22(26)7-2)18-30-17-16-21(24(28)29)25(3,4)5/h20-21H,6-19H2,1-5H3/p+1. The second-order valence-corrected chi connectivity index (χ2v) is 9.21. The van der Waals surface area contributed by atoms with Gasteiger partial charge in [0.05, 0.1) is 34.4 Å². The van der Waals surface area contributed by atoms with E-state index in [1.165, 1.54) is 32.1 Å². The minimum Gasteiger partial charge on any atom is -0.477 e. The molecule has 0 aromatic rings. The number of aliphatic carboxylic acids is 1. The largest absolute Gasteiger partial charge is 0.477 e. The lowest BCUT2D eigenvalue weighted by Gasteiger charge is -2.31. The second kappa shape index (κ2) is 17.8. The van der Waals surface area contributed by atoms with E-state index in [4.69, 9.17) is 14.2 Å². The highest BCUT2D eigenvalue weighted by molar-refractivity contribution is 5.72. The molecule has 32 heavy (non-hydrogen) atoms. The van der Waals surface area contributed by atoms with Crippen LogP contribution in [-0.4, -0.2) is 80.6 Å². The first-order valence-electron chi connectivity index (χ1n) is 12.1. The van der Waals surface area contributed by atoms with Gasteiger partial charge < -0.3 is 23.8 Å². The summed E-state index contributed by atoms with van der Waals surface area (Å²) in [6.45, 7) is 4.10. The Morgan fingerprint density at radius 1 is 0.844 bits per heavy atom.